The largest absolute Gasteiger partial charge is 0.508 e. The summed E-state index contributed by atoms with van der Waals surface area (Å²) in [5.41, 5.74) is 2.69. The lowest BCUT2D eigenvalue weighted by atomic mass is 10.1. The summed E-state index contributed by atoms with van der Waals surface area (Å²) in [6, 6.07) is 12.1. The van der Waals surface area contributed by atoms with Gasteiger partial charge in [-0.15, -0.1) is 0 Å². The van der Waals surface area contributed by atoms with Gasteiger partial charge in [0.25, 0.3) is 0 Å². The van der Waals surface area contributed by atoms with E-state index in [9.17, 15) is 9.50 Å². The minimum Gasteiger partial charge on any atom is -0.508 e. The average molecular weight is 340 g/mol. The topological polar surface area (TPSA) is 62.1 Å². The number of nitrogens with zero attached hydrogens (tertiary/aromatic N) is 2. The molecule has 3 aromatic rings. The third kappa shape index (κ3) is 3.44. The summed E-state index contributed by atoms with van der Waals surface area (Å²) in [4.78, 5) is 4.68. The number of benzene rings is 2. The van der Waals surface area contributed by atoms with Crippen molar-refractivity contribution in [1.29, 1.82) is 0 Å². The van der Waals surface area contributed by atoms with E-state index >= 15 is 0 Å². The summed E-state index contributed by atoms with van der Waals surface area (Å²) in [7, 11) is 0. The van der Waals surface area contributed by atoms with Crippen molar-refractivity contribution >= 4 is 17.0 Å². The van der Waals surface area contributed by atoms with Gasteiger partial charge in [0.2, 0.25) is 5.95 Å². The zero-order valence-electron chi connectivity index (χ0n) is 13.9. The number of aromatic hydroxyl groups is 1. The monoisotopic (exact) mass is 340 g/mol. The van der Waals surface area contributed by atoms with Crippen molar-refractivity contribution in [2.75, 3.05) is 18.4 Å². The minimum atomic E-state index is -0.239. The molecule has 0 radical (unpaired) electrons. The number of imidazole rings is 1. The van der Waals surface area contributed by atoms with Gasteiger partial charge in [0.15, 0.2) is 0 Å². The van der Waals surface area contributed by atoms with Crippen LogP contribution < -0.4 is 10.6 Å². The minimum absolute atomic E-state index is 0.201. The van der Waals surface area contributed by atoms with E-state index in [1.165, 1.54) is 12.1 Å². The molecule has 1 fully saturated rings. The lowest BCUT2D eigenvalue weighted by Gasteiger charge is -2.24. The number of hydrogen-bond acceptors (Lipinski definition) is 4. The van der Waals surface area contributed by atoms with Crippen LogP contribution in [0.5, 0.6) is 5.75 Å². The summed E-state index contributed by atoms with van der Waals surface area (Å²) >= 11 is 0. The van der Waals surface area contributed by atoms with Crippen LogP contribution in [0.25, 0.3) is 11.0 Å². The van der Waals surface area contributed by atoms with Gasteiger partial charge in [-0.3, -0.25) is 0 Å². The van der Waals surface area contributed by atoms with Gasteiger partial charge in [-0.25, -0.2) is 9.37 Å². The standard InChI is InChI=1S/C19H21FN4O/c20-14-3-1-13(2-4-14)12-24-18-6-5-16(25)11-17(18)23-19(24)22-15-7-9-21-10-8-15/h1-6,11,15,21,25H,7-10,12H2,(H,22,23). The number of phenols is 1. The van der Waals surface area contributed by atoms with E-state index in [0.29, 0.717) is 12.6 Å². The molecule has 0 amide bonds. The maximum atomic E-state index is 13.2. The van der Waals surface area contributed by atoms with Gasteiger partial charge < -0.3 is 20.3 Å². The fraction of sp³-hybridized carbons (Fsp3) is 0.316. The molecule has 0 bridgehead atoms. The highest BCUT2D eigenvalue weighted by molar-refractivity contribution is 5.80. The second-order valence-electron chi connectivity index (χ2n) is 6.49. The Morgan fingerprint density at radius 3 is 2.68 bits per heavy atom. The first-order valence-corrected chi connectivity index (χ1v) is 8.60. The summed E-state index contributed by atoms with van der Waals surface area (Å²) in [5, 5.41) is 16.7. The lowest BCUT2D eigenvalue weighted by Crippen LogP contribution is -2.36. The van der Waals surface area contributed by atoms with E-state index in [2.05, 4.69) is 20.2 Å². The third-order valence-corrected chi connectivity index (χ3v) is 4.66. The van der Waals surface area contributed by atoms with Crippen molar-refractivity contribution < 1.29 is 9.50 Å². The highest BCUT2D eigenvalue weighted by atomic mass is 19.1. The molecule has 4 rings (SSSR count). The van der Waals surface area contributed by atoms with E-state index in [0.717, 1.165) is 48.5 Å². The Balaban J connectivity index is 1.70. The smallest absolute Gasteiger partial charge is 0.204 e. The van der Waals surface area contributed by atoms with Crippen LogP contribution in [0.15, 0.2) is 42.5 Å². The highest BCUT2D eigenvalue weighted by Crippen LogP contribution is 2.26. The zero-order valence-corrected chi connectivity index (χ0v) is 13.9. The summed E-state index contributed by atoms with van der Waals surface area (Å²) in [6.07, 6.45) is 2.09. The Morgan fingerprint density at radius 1 is 1.16 bits per heavy atom. The van der Waals surface area contributed by atoms with Gasteiger partial charge in [0.1, 0.15) is 11.6 Å². The van der Waals surface area contributed by atoms with Gasteiger partial charge in [-0.2, -0.15) is 0 Å². The molecule has 6 heteroatoms. The molecule has 1 aliphatic rings. The van der Waals surface area contributed by atoms with E-state index < -0.39 is 0 Å². The van der Waals surface area contributed by atoms with E-state index in [-0.39, 0.29) is 11.6 Å². The molecule has 0 aliphatic carbocycles. The van der Waals surface area contributed by atoms with Crippen LogP contribution >= 0.6 is 0 Å². The van der Waals surface area contributed by atoms with Crippen LogP contribution in [0.2, 0.25) is 0 Å². The summed E-state index contributed by atoms with van der Waals surface area (Å²) in [6.45, 7) is 2.59. The zero-order chi connectivity index (χ0) is 17.2. The van der Waals surface area contributed by atoms with Crippen molar-refractivity contribution in [2.45, 2.75) is 25.4 Å². The Kier molecular flexibility index (Phi) is 4.28. The first-order chi connectivity index (χ1) is 12.2. The summed E-state index contributed by atoms with van der Waals surface area (Å²) < 4.78 is 15.3. The Morgan fingerprint density at radius 2 is 1.92 bits per heavy atom. The summed E-state index contributed by atoms with van der Waals surface area (Å²) in [5.74, 6) is 0.751. The number of fused-ring (bicyclic) bond motifs is 1. The Labute approximate surface area is 145 Å². The molecule has 5 nitrogen and oxygen atoms in total. The number of aromatic nitrogens is 2. The predicted molar refractivity (Wildman–Crippen MR) is 96.4 cm³/mol. The van der Waals surface area contributed by atoms with Crippen LogP contribution in [0, 0.1) is 5.82 Å². The van der Waals surface area contributed by atoms with Crippen molar-refractivity contribution in [3.8, 4) is 5.75 Å². The number of rotatable bonds is 4. The van der Waals surface area contributed by atoms with Crippen LogP contribution in [0.1, 0.15) is 18.4 Å². The molecular formula is C19H21FN4O. The molecule has 2 aromatic carbocycles. The molecule has 3 N–H and O–H groups in total. The van der Waals surface area contributed by atoms with Crippen LogP contribution in [0.3, 0.4) is 0 Å². The number of phenolic OH excluding ortho intramolecular Hbond substituents is 1. The van der Waals surface area contributed by atoms with Crippen LogP contribution in [-0.4, -0.2) is 33.8 Å². The maximum Gasteiger partial charge on any atom is 0.204 e. The normalized spacial score (nSPS) is 15.6. The van der Waals surface area contributed by atoms with Gasteiger partial charge in [0.05, 0.1) is 17.6 Å². The van der Waals surface area contributed by atoms with Crippen LogP contribution in [-0.2, 0) is 6.54 Å². The molecule has 0 saturated carbocycles. The second-order valence-corrected chi connectivity index (χ2v) is 6.49. The molecular weight excluding hydrogens is 319 g/mol. The Bertz CT molecular complexity index is 869. The van der Waals surface area contributed by atoms with Gasteiger partial charge >= 0.3 is 0 Å². The predicted octanol–water partition coefficient (Wildman–Crippen LogP) is 3.09. The molecule has 130 valence electrons. The Hall–Kier alpha value is -2.60. The molecule has 1 saturated heterocycles. The third-order valence-electron chi connectivity index (χ3n) is 4.66. The average Bonchev–Trinajstić information content (AvgIpc) is 2.94. The van der Waals surface area contributed by atoms with E-state index in [4.69, 9.17) is 0 Å². The van der Waals surface area contributed by atoms with Gasteiger partial charge in [-0.05, 0) is 55.8 Å². The molecule has 2 heterocycles. The first-order valence-electron chi connectivity index (χ1n) is 8.60. The first kappa shape index (κ1) is 15.9. The maximum absolute atomic E-state index is 13.2. The molecule has 0 unspecified atom stereocenters. The van der Waals surface area contributed by atoms with Crippen molar-refractivity contribution in [2.24, 2.45) is 0 Å². The number of halogens is 1. The fourth-order valence-corrected chi connectivity index (χ4v) is 3.31. The molecule has 25 heavy (non-hydrogen) atoms. The molecule has 0 atom stereocenters. The number of hydrogen-bond donors (Lipinski definition) is 3. The molecule has 1 aliphatic heterocycles. The highest BCUT2D eigenvalue weighted by Gasteiger charge is 2.18. The van der Waals surface area contributed by atoms with Gasteiger partial charge in [0, 0.05) is 12.1 Å². The van der Waals surface area contributed by atoms with Crippen molar-refractivity contribution in [3.63, 3.8) is 0 Å². The number of anilines is 1. The van der Waals surface area contributed by atoms with Crippen molar-refractivity contribution in [1.82, 2.24) is 14.9 Å². The number of nitrogens with one attached hydrogen (secondary N) is 2. The van der Waals surface area contributed by atoms with E-state index in [1.54, 1.807) is 24.3 Å². The molecule has 0 spiro atoms. The fourth-order valence-electron chi connectivity index (χ4n) is 3.31. The number of piperidine rings is 1. The van der Waals surface area contributed by atoms with Crippen LogP contribution in [0.4, 0.5) is 10.3 Å². The SMILES string of the molecule is Oc1ccc2c(c1)nc(NC1CCNCC1)n2Cc1ccc(F)cc1. The van der Waals surface area contributed by atoms with E-state index in [1.807, 2.05) is 6.07 Å². The van der Waals surface area contributed by atoms with Gasteiger partial charge in [-0.1, -0.05) is 12.1 Å². The second kappa shape index (κ2) is 6.72. The quantitative estimate of drug-likeness (QED) is 0.683. The molecule has 1 aromatic heterocycles. The lowest BCUT2D eigenvalue weighted by molar-refractivity contribution is 0.476. The van der Waals surface area contributed by atoms with Crippen molar-refractivity contribution in [3.05, 3.63) is 53.8 Å².